The minimum absolute atomic E-state index is 0.0596. The van der Waals surface area contributed by atoms with E-state index in [9.17, 15) is 9.90 Å². The van der Waals surface area contributed by atoms with Gasteiger partial charge in [0.2, 0.25) is 0 Å². The van der Waals surface area contributed by atoms with Crippen LogP contribution >= 0.6 is 0 Å². The van der Waals surface area contributed by atoms with Crippen LogP contribution in [0.25, 0.3) is 0 Å². The lowest BCUT2D eigenvalue weighted by atomic mass is 9.66. The van der Waals surface area contributed by atoms with E-state index in [1.807, 2.05) is 48.3 Å². The molecule has 1 aromatic carbocycles. The maximum absolute atomic E-state index is 13.4. The number of rotatable bonds is 4. The largest absolute Gasteiger partial charge is 0.385 e. The number of hydrogen-bond acceptors (Lipinski definition) is 3. The molecule has 1 saturated heterocycles. The predicted octanol–water partition coefficient (Wildman–Crippen LogP) is 3.67. The first-order chi connectivity index (χ1) is 13.5. The Balaban J connectivity index is 1.63. The van der Waals surface area contributed by atoms with E-state index in [0.717, 1.165) is 49.8 Å². The van der Waals surface area contributed by atoms with Crippen molar-refractivity contribution in [3.63, 3.8) is 0 Å². The summed E-state index contributed by atoms with van der Waals surface area (Å²) in [5.74, 6) is 0.147. The Bertz CT molecular complexity index is 832. The molecule has 2 aromatic rings. The number of hydrogen-bond donors (Lipinski definition) is 1. The van der Waals surface area contributed by atoms with Crippen molar-refractivity contribution in [3.8, 4) is 0 Å². The van der Waals surface area contributed by atoms with E-state index in [-0.39, 0.29) is 17.9 Å². The second kappa shape index (κ2) is 7.70. The molecule has 150 valence electrons. The van der Waals surface area contributed by atoms with Gasteiger partial charge in [0.25, 0.3) is 5.91 Å². The summed E-state index contributed by atoms with van der Waals surface area (Å²) in [6.45, 7) is 2.71. The van der Waals surface area contributed by atoms with E-state index in [1.165, 1.54) is 0 Å². The fourth-order valence-corrected chi connectivity index (χ4v) is 5.27. The van der Waals surface area contributed by atoms with Gasteiger partial charge in [-0.1, -0.05) is 56.5 Å². The average molecular weight is 382 g/mol. The van der Waals surface area contributed by atoms with Crippen molar-refractivity contribution in [3.05, 3.63) is 53.3 Å². The molecule has 3 atom stereocenters. The molecule has 5 nitrogen and oxygen atoms in total. The normalized spacial score (nSPS) is 27.5. The van der Waals surface area contributed by atoms with E-state index in [2.05, 4.69) is 12.0 Å². The highest BCUT2D eigenvalue weighted by Gasteiger charge is 2.50. The van der Waals surface area contributed by atoms with Gasteiger partial charge in [0, 0.05) is 25.6 Å². The van der Waals surface area contributed by atoms with E-state index >= 15 is 0 Å². The summed E-state index contributed by atoms with van der Waals surface area (Å²) >= 11 is 0. The van der Waals surface area contributed by atoms with Crippen molar-refractivity contribution in [2.75, 3.05) is 6.54 Å². The number of aliphatic hydroxyl groups is 1. The molecular formula is C23H31N3O2. The van der Waals surface area contributed by atoms with E-state index in [0.29, 0.717) is 18.7 Å². The summed E-state index contributed by atoms with van der Waals surface area (Å²) in [6, 6.07) is 12.1. The lowest BCUT2D eigenvalue weighted by Crippen LogP contribution is -2.59. The fourth-order valence-electron chi connectivity index (χ4n) is 5.27. The topological polar surface area (TPSA) is 58.4 Å². The third-order valence-electron chi connectivity index (χ3n) is 6.67. The minimum Gasteiger partial charge on any atom is -0.385 e. The summed E-state index contributed by atoms with van der Waals surface area (Å²) < 4.78 is 1.73. The zero-order valence-corrected chi connectivity index (χ0v) is 17.0. The number of fused-ring (bicyclic) bond motifs is 1. The molecule has 0 bridgehead atoms. The van der Waals surface area contributed by atoms with Gasteiger partial charge >= 0.3 is 0 Å². The zero-order chi connectivity index (χ0) is 19.7. The summed E-state index contributed by atoms with van der Waals surface area (Å²) in [5, 5.41) is 16.2. The maximum atomic E-state index is 13.4. The third kappa shape index (κ3) is 3.26. The second-order valence-corrected chi connectivity index (χ2v) is 8.39. The van der Waals surface area contributed by atoms with Crippen LogP contribution < -0.4 is 0 Å². The number of benzene rings is 1. The van der Waals surface area contributed by atoms with E-state index < -0.39 is 5.60 Å². The van der Waals surface area contributed by atoms with Gasteiger partial charge in [0.1, 0.15) is 5.69 Å². The molecule has 4 rings (SSSR count). The Morgan fingerprint density at radius 2 is 2.00 bits per heavy atom. The number of nitrogens with zero attached hydrogens (tertiary/aromatic N) is 3. The molecule has 1 amide bonds. The van der Waals surface area contributed by atoms with Crippen molar-refractivity contribution in [2.45, 2.75) is 63.5 Å². The molecule has 1 aliphatic carbocycles. The molecule has 2 aliphatic rings. The molecule has 1 saturated carbocycles. The quantitative estimate of drug-likeness (QED) is 0.879. The molecule has 1 N–H and O–H groups in total. The van der Waals surface area contributed by atoms with Crippen LogP contribution in [-0.4, -0.2) is 38.3 Å². The Kier molecular flexibility index (Phi) is 5.28. The fraction of sp³-hybridized carbons (Fsp3) is 0.565. The molecule has 1 aliphatic heterocycles. The van der Waals surface area contributed by atoms with Crippen molar-refractivity contribution in [1.82, 2.24) is 14.7 Å². The highest BCUT2D eigenvalue weighted by Crippen LogP contribution is 2.47. The number of aryl methyl sites for hydroxylation is 2. The highest BCUT2D eigenvalue weighted by atomic mass is 16.3. The Morgan fingerprint density at radius 3 is 2.75 bits per heavy atom. The molecule has 28 heavy (non-hydrogen) atoms. The van der Waals surface area contributed by atoms with Crippen molar-refractivity contribution in [2.24, 2.45) is 13.0 Å². The molecule has 3 unspecified atom stereocenters. The van der Waals surface area contributed by atoms with Gasteiger partial charge in [-0.05, 0) is 37.3 Å². The van der Waals surface area contributed by atoms with Gasteiger partial charge in [0.15, 0.2) is 0 Å². The zero-order valence-electron chi connectivity index (χ0n) is 17.0. The maximum Gasteiger partial charge on any atom is 0.272 e. The van der Waals surface area contributed by atoms with E-state index in [4.69, 9.17) is 0 Å². The first-order valence-electron chi connectivity index (χ1n) is 10.7. The number of piperidine rings is 1. The summed E-state index contributed by atoms with van der Waals surface area (Å²) in [5.41, 5.74) is 1.79. The van der Waals surface area contributed by atoms with Gasteiger partial charge < -0.3 is 10.0 Å². The van der Waals surface area contributed by atoms with Crippen LogP contribution in [0.4, 0.5) is 0 Å². The van der Waals surface area contributed by atoms with Gasteiger partial charge in [-0.15, -0.1) is 0 Å². The third-order valence-corrected chi connectivity index (χ3v) is 6.67. The van der Waals surface area contributed by atoms with Gasteiger partial charge in [-0.2, -0.15) is 5.10 Å². The molecule has 0 radical (unpaired) electrons. The SMILES string of the molecule is CCCc1cc(C(=O)N2CCC(O)(c3ccccc3)C3CCCCC32)n(C)n1. The first-order valence-corrected chi connectivity index (χ1v) is 10.7. The summed E-state index contributed by atoms with van der Waals surface area (Å²) in [7, 11) is 1.86. The van der Waals surface area contributed by atoms with Crippen LogP contribution in [-0.2, 0) is 19.1 Å². The number of carbonyl (C=O) groups is 1. The number of likely N-dealkylation sites (tertiary alicyclic amines) is 1. The molecular weight excluding hydrogens is 350 g/mol. The molecule has 5 heteroatoms. The van der Waals surface area contributed by atoms with Crippen LogP contribution in [0.5, 0.6) is 0 Å². The van der Waals surface area contributed by atoms with Crippen LogP contribution in [0.3, 0.4) is 0 Å². The Hall–Kier alpha value is -2.14. The number of aromatic nitrogens is 2. The predicted molar refractivity (Wildman–Crippen MR) is 109 cm³/mol. The number of carbonyl (C=O) groups excluding carboxylic acids is 1. The standard InChI is InChI=1S/C23H31N3O2/c1-3-9-18-16-21(25(2)24-18)22(27)26-15-14-23(28,17-10-5-4-6-11-17)19-12-7-8-13-20(19)26/h4-6,10-11,16,19-20,28H,3,7-9,12-15H2,1-2H3. The number of amides is 1. The Morgan fingerprint density at radius 1 is 1.25 bits per heavy atom. The van der Waals surface area contributed by atoms with Crippen LogP contribution in [0, 0.1) is 5.92 Å². The van der Waals surface area contributed by atoms with Crippen molar-refractivity contribution in [1.29, 1.82) is 0 Å². The van der Waals surface area contributed by atoms with Crippen LogP contribution in [0.2, 0.25) is 0 Å². The smallest absolute Gasteiger partial charge is 0.272 e. The summed E-state index contributed by atoms with van der Waals surface area (Å²) in [4.78, 5) is 15.4. The summed E-state index contributed by atoms with van der Waals surface area (Å²) in [6.07, 6.45) is 6.65. The van der Waals surface area contributed by atoms with E-state index in [1.54, 1.807) is 4.68 Å². The van der Waals surface area contributed by atoms with Crippen molar-refractivity contribution < 1.29 is 9.90 Å². The second-order valence-electron chi connectivity index (χ2n) is 8.39. The lowest BCUT2D eigenvalue weighted by molar-refractivity contribution is -0.110. The molecule has 2 heterocycles. The Labute approximate surface area is 167 Å². The van der Waals surface area contributed by atoms with Gasteiger partial charge in [-0.25, -0.2) is 0 Å². The molecule has 1 aromatic heterocycles. The van der Waals surface area contributed by atoms with Crippen molar-refractivity contribution >= 4 is 5.91 Å². The monoisotopic (exact) mass is 381 g/mol. The van der Waals surface area contributed by atoms with Gasteiger partial charge in [-0.3, -0.25) is 9.48 Å². The van der Waals surface area contributed by atoms with Gasteiger partial charge in [0.05, 0.1) is 11.3 Å². The highest BCUT2D eigenvalue weighted by molar-refractivity contribution is 5.93. The molecule has 2 fully saturated rings. The van der Waals surface area contributed by atoms with Crippen LogP contribution in [0.15, 0.2) is 36.4 Å². The molecule has 0 spiro atoms. The lowest BCUT2D eigenvalue weighted by Gasteiger charge is -2.52. The minimum atomic E-state index is -0.844. The first kappa shape index (κ1) is 19.2. The average Bonchev–Trinajstić information content (AvgIpc) is 3.09. The van der Waals surface area contributed by atoms with Crippen LogP contribution in [0.1, 0.15) is 67.2 Å².